The molecule has 0 bridgehead atoms. The van der Waals surface area contributed by atoms with Crippen LogP contribution < -0.4 is 24.3 Å². The summed E-state index contributed by atoms with van der Waals surface area (Å²) in [6.07, 6.45) is 2.02. The van der Waals surface area contributed by atoms with Crippen molar-refractivity contribution >= 4 is 5.91 Å². The Labute approximate surface area is 160 Å². The topological polar surface area (TPSA) is 66.0 Å². The van der Waals surface area contributed by atoms with Crippen LogP contribution in [0, 0.1) is 0 Å². The maximum Gasteiger partial charge on any atom is 0.251 e. The van der Waals surface area contributed by atoms with Gasteiger partial charge in [-0.25, -0.2) is 0 Å². The average molecular weight is 373 g/mol. The highest BCUT2D eigenvalue weighted by atomic mass is 16.5. The second-order valence-corrected chi connectivity index (χ2v) is 5.90. The first-order valence-corrected chi connectivity index (χ1v) is 8.93. The average Bonchev–Trinajstić information content (AvgIpc) is 2.71. The van der Waals surface area contributed by atoms with Gasteiger partial charge in [0.25, 0.3) is 5.91 Å². The summed E-state index contributed by atoms with van der Waals surface area (Å²) in [5.74, 6) is 2.20. The van der Waals surface area contributed by atoms with Gasteiger partial charge in [-0.05, 0) is 30.7 Å². The number of hydrogen-bond donors (Lipinski definition) is 1. The van der Waals surface area contributed by atoms with E-state index in [1.54, 1.807) is 39.5 Å². The minimum atomic E-state index is -0.210. The Balaban J connectivity index is 2.08. The highest BCUT2D eigenvalue weighted by molar-refractivity contribution is 5.94. The van der Waals surface area contributed by atoms with E-state index in [1.807, 2.05) is 18.2 Å². The van der Waals surface area contributed by atoms with Crippen LogP contribution in [-0.2, 0) is 6.54 Å². The lowest BCUT2D eigenvalue weighted by Crippen LogP contribution is -2.23. The first-order chi connectivity index (χ1) is 13.1. The molecule has 2 aromatic carbocycles. The predicted molar refractivity (Wildman–Crippen MR) is 104 cm³/mol. The van der Waals surface area contributed by atoms with E-state index in [1.165, 1.54) is 0 Å². The Morgan fingerprint density at radius 2 is 1.74 bits per heavy atom. The molecule has 1 N–H and O–H groups in total. The number of amides is 1. The summed E-state index contributed by atoms with van der Waals surface area (Å²) in [5.41, 5.74) is 1.33. The van der Waals surface area contributed by atoms with Crippen molar-refractivity contribution in [3.63, 3.8) is 0 Å². The van der Waals surface area contributed by atoms with Crippen LogP contribution in [0.5, 0.6) is 23.0 Å². The zero-order chi connectivity index (χ0) is 19.6. The van der Waals surface area contributed by atoms with E-state index in [0.29, 0.717) is 41.7 Å². The van der Waals surface area contributed by atoms with Crippen molar-refractivity contribution in [2.45, 2.75) is 26.3 Å². The second-order valence-electron chi connectivity index (χ2n) is 5.90. The molecule has 2 aromatic rings. The van der Waals surface area contributed by atoms with Crippen LogP contribution in [-0.4, -0.2) is 33.8 Å². The van der Waals surface area contributed by atoms with Gasteiger partial charge in [-0.1, -0.05) is 25.5 Å². The van der Waals surface area contributed by atoms with Gasteiger partial charge in [0.1, 0.15) is 0 Å². The number of unbranched alkanes of at least 4 members (excludes halogenated alkanes) is 1. The number of nitrogens with one attached hydrogen (secondary N) is 1. The molecule has 6 nitrogen and oxygen atoms in total. The number of para-hydroxylation sites is 1. The van der Waals surface area contributed by atoms with Gasteiger partial charge in [0.05, 0.1) is 27.9 Å². The van der Waals surface area contributed by atoms with Gasteiger partial charge >= 0.3 is 0 Å². The van der Waals surface area contributed by atoms with Crippen LogP contribution in [0.1, 0.15) is 35.7 Å². The molecule has 0 unspecified atom stereocenters. The molecule has 0 heterocycles. The zero-order valence-corrected chi connectivity index (χ0v) is 16.3. The fourth-order valence-corrected chi connectivity index (χ4v) is 2.63. The summed E-state index contributed by atoms with van der Waals surface area (Å²) in [4.78, 5) is 12.5. The predicted octanol–water partition coefficient (Wildman–Crippen LogP) is 3.82. The molecule has 0 fully saturated rings. The SMILES string of the molecule is CCCCOc1ccc(C(=O)NCc2cccc(OC)c2OC)cc1OC. The van der Waals surface area contributed by atoms with E-state index in [0.717, 1.165) is 18.4 Å². The molecular formula is C21H27NO5. The molecule has 0 spiro atoms. The van der Waals surface area contributed by atoms with Crippen LogP contribution >= 0.6 is 0 Å². The molecule has 0 saturated heterocycles. The van der Waals surface area contributed by atoms with Gasteiger partial charge in [0, 0.05) is 17.7 Å². The third-order valence-corrected chi connectivity index (χ3v) is 4.11. The lowest BCUT2D eigenvalue weighted by Gasteiger charge is -2.14. The van der Waals surface area contributed by atoms with Gasteiger partial charge in [-0.2, -0.15) is 0 Å². The smallest absolute Gasteiger partial charge is 0.251 e. The Kier molecular flexibility index (Phi) is 7.79. The molecule has 0 aliphatic carbocycles. The molecule has 0 atom stereocenters. The van der Waals surface area contributed by atoms with Crippen molar-refractivity contribution in [3.8, 4) is 23.0 Å². The number of methoxy groups -OCH3 is 3. The second kappa shape index (κ2) is 10.3. The molecular weight excluding hydrogens is 346 g/mol. The Morgan fingerprint density at radius 3 is 2.41 bits per heavy atom. The minimum absolute atomic E-state index is 0.210. The van der Waals surface area contributed by atoms with Gasteiger partial charge in [-0.15, -0.1) is 0 Å². The summed E-state index contributed by atoms with van der Waals surface area (Å²) in [6, 6.07) is 10.7. The quantitative estimate of drug-likeness (QED) is 0.641. The fourth-order valence-electron chi connectivity index (χ4n) is 2.63. The molecule has 0 aliphatic heterocycles. The summed E-state index contributed by atoms with van der Waals surface area (Å²) in [6.45, 7) is 3.04. The third kappa shape index (κ3) is 5.29. The molecule has 27 heavy (non-hydrogen) atoms. The molecule has 2 rings (SSSR count). The van der Waals surface area contributed by atoms with E-state index >= 15 is 0 Å². The molecule has 146 valence electrons. The normalized spacial score (nSPS) is 10.2. The number of rotatable bonds is 10. The van der Waals surface area contributed by atoms with Crippen molar-refractivity contribution < 1.29 is 23.7 Å². The van der Waals surface area contributed by atoms with Gasteiger partial charge in [0.2, 0.25) is 0 Å². The molecule has 0 aliphatic rings. The van der Waals surface area contributed by atoms with Crippen molar-refractivity contribution in [3.05, 3.63) is 47.5 Å². The van der Waals surface area contributed by atoms with Crippen LogP contribution in [0.25, 0.3) is 0 Å². The first-order valence-electron chi connectivity index (χ1n) is 8.93. The van der Waals surface area contributed by atoms with Gasteiger partial charge in [-0.3, -0.25) is 4.79 Å². The van der Waals surface area contributed by atoms with E-state index in [4.69, 9.17) is 18.9 Å². The maximum absolute atomic E-state index is 12.5. The Hall–Kier alpha value is -2.89. The van der Waals surface area contributed by atoms with Crippen molar-refractivity contribution in [1.82, 2.24) is 5.32 Å². The monoisotopic (exact) mass is 373 g/mol. The lowest BCUT2D eigenvalue weighted by molar-refractivity contribution is 0.0950. The Morgan fingerprint density at radius 1 is 0.963 bits per heavy atom. The summed E-state index contributed by atoms with van der Waals surface area (Å²) < 4.78 is 21.7. The summed E-state index contributed by atoms with van der Waals surface area (Å²) in [5, 5.41) is 2.89. The van der Waals surface area contributed by atoms with Gasteiger partial charge < -0.3 is 24.3 Å². The van der Waals surface area contributed by atoms with Crippen molar-refractivity contribution in [2.75, 3.05) is 27.9 Å². The first kappa shape index (κ1) is 20.4. The lowest BCUT2D eigenvalue weighted by atomic mass is 10.1. The molecule has 6 heteroatoms. The largest absolute Gasteiger partial charge is 0.493 e. The maximum atomic E-state index is 12.5. The zero-order valence-electron chi connectivity index (χ0n) is 16.3. The molecule has 0 saturated carbocycles. The van der Waals surface area contributed by atoms with Crippen LogP contribution in [0.3, 0.4) is 0 Å². The third-order valence-electron chi connectivity index (χ3n) is 4.11. The number of ether oxygens (including phenoxy) is 4. The molecule has 0 aromatic heterocycles. The number of hydrogen-bond acceptors (Lipinski definition) is 5. The summed E-state index contributed by atoms with van der Waals surface area (Å²) in [7, 11) is 4.72. The number of benzene rings is 2. The van der Waals surface area contributed by atoms with Crippen LogP contribution in [0.2, 0.25) is 0 Å². The van der Waals surface area contributed by atoms with E-state index < -0.39 is 0 Å². The van der Waals surface area contributed by atoms with Crippen molar-refractivity contribution in [1.29, 1.82) is 0 Å². The molecule has 1 amide bonds. The number of carbonyl (C=O) groups excluding carboxylic acids is 1. The van der Waals surface area contributed by atoms with Crippen molar-refractivity contribution in [2.24, 2.45) is 0 Å². The van der Waals surface area contributed by atoms with Crippen LogP contribution in [0.4, 0.5) is 0 Å². The highest BCUT2D eigenvalue weighted by Crippen LogP contribution is 2.31. The standard InChI is InChI=1S/C21H27NO5/c1-5-6-12-27-17-11-10-15(13-19(17)25-3)21(23)22-14-16-8-7-9-18(24-2)20(16)26-4/h7-11,13H,5-6,12,14H2,1-4H3,(H,22,23). The highest BCUT2D eigenvalue weighted by Gasteiger charge is 2.14. The minimum Gasteiger partial charge on any atom is -0.493 e. The fraction of sp³-hybridized carbons (Fsp3) is 0.381. The van der Waals surface area contributed by atoms with Crippen LogP contribution in [0.15, 0.2) is 36.4 Å². The molecule has 0 radical (unpaired) electrons. The van der Waals surface area contributed by atoms with E-state index in [9.17, 15) is 4.79 Å². The number of carbonyl (C=O) groups is 1. The van der Waals surface area contributed by atoms with E-state index in [2.05, 4.69) is 12.2 Å². The van der Waals surface area contributed by atoms with E-state index in [-0.39, 0.29) is 5.91 Å². The summed E-state index contributed by atoms with van der Waals surface area (Å²) >= 11 is 0. The Bertz CT molecular complexity index is 760. The van der Waals surface area contributed by atoms with Gasteiger partial charge in [0.15, 0.2) is 23.0 Å².